The summed E-state index contributed by atoms with van der Waals surface area (Å²) >= 11 is 3.37. The van der Waals surface area contributed by atoms with Gasteiger partial charge in [-0.05, 0) is 6.07 Å². The highest BCUT2D eigenvalue weighted by Crippen LogP contribution is 2.32. The molecule has 0 unspecified atom stereocenters. The Labute approximate surface area is 83.8 Å². The van der Waals surface area contributed by atoms with Crippen LogP contribution in [0.3, 0.4) is 0 Å². The number of carbonyl (C=O) groups excluding carboxylic acids is 1. The van der Waals surface area contributed by atoms with E-state index in [2.05, 4.69) is 20.9 Å². The third-order valence-corrected chi connectivity index (χ3v) is 2.73. The molecular formula is C9H7BrN2O. The number of carbonyl (C=O) groups is 1. The first-order valence-electron chi connectivity index (χ1n) is 3.84. The van der Waals surface area contributed by atoms with E-state index >= 15 is 0 Å². The van der Waals surface area contributed by atoms with Gasteiger partial charge in [-0.1, -0.05) is 22.0 Å². The van der Waals surface area contributed by atoms with Crippen molar-refractivity contribution in [3.63, 3.8) is 0 Å². The minimum Gasteiger partial charge on any atom is -0.366 e. The fourth-order valence-electron chi connectivity index (χ4n) is 1.42. The van der Waals surface area contributed by atoms with E-state index in [4.69, 9.17) is 5.73 Å². The van der Waals surface area contributed by atoms with Crippen LogP contribution in [0, 0.1) is 0 Å². The average molecular weight is 239 g/mol. The van der Waals surface area contributed by atoms with Gasteiger partial charge < -0.3 is 5.73 Å². The smallest absolute Gasteiger partial charge is 0.249 e. The van der Waals surface area contributed by atoms with Crippen molar-refractivity contribution in [1.29, 1.82) is 0 Å². The predicted octanol–water partition coefficient (Wildman–Crippen LogP) is 1.47. The lowest BCUT2D eigenvalue weighted by molar-refractivity contribution is 0.1000. The van der Waals surface area contributed by atoms with E-state index in [-0.39, 0.29) is 0 Å². The summed E-state index contributed by atoms with van der Waals surface area (Å²) in [6.45, 7) is 0. The summed E-state index contributed by atoms with van der Waals surface area (Å²) in [5, 5.41) is 0. The molecule has 2 N–H and O–H groups in total. The molecule has 0 aromatic carbocycles. The van der Waals surface area contributed by atoms with E-state index in [1.54, 1.807) is 12.3 Å². The SMILES string of the molecule is NC(=O)c1ccnc2c1C(Br)=CC2. The maximum Gasteiger partial charge on any atom is 0.249 e. The summed E-state index contributed by atoms with van der Waals surface area (Å²) in [6, 6.07) is 1.64. The first kappa shape index (κ1) is 8.44. The molecule has 66 valence electrons. The molecule has 0 bridgehead atoms. The molecule has 1 aromatic rings. The van der Waals surface area contributed by atoms with E-state index in [0.717, 1.165) is 22.2 Å². The van der Waals surface area contributed by atoms with Gasteiger partial charge in [0, 0.05) is 22.7 Å². The van der Waals surface area contributed by atoms with E-state index in [9.17, 15) is 4.79 Å². The van der Waals surface area contributed by atoms with E-state index < -0.39 is 5.91 Å². The first-order chi connectivity index (χ1) is 6.20. The molecule has 0 fully saturated rings. The van der Waals surface area contributed by atoms with Gasteiger partial charge in [-0.2, -0.15) is 0 Å². The lowest BCUT2D eigenvalue weighted by atomic mass is 10.1. The second-order valence-corrected chi connectivity index (χ2v) is 3.65. The van der Waals surface area contributed by atoms with Crippen LogP contribution in [0.1, 0.15) is 21.6 Å². The number of allylic oxidation sites excluding steroid dienone is 1. The Morgan fingerprint density at radius 3 is 3.08 bits per heavy atom. The van der Waals surface area contributed by atoms with Crippen molar-refractivity contribution in [3.8, 4) is 0 Å². The van der Waals surface area contributed by atoms with Crippen LogP contribution in [0.15, 0.2) is 18.3 Å². The Morgan fingerprint density at radius 1 is 1.62 bits per heavy atom. The number of nitrogens with zero attached hydrogens (tertiary/aromatic N) is 1. The standard InChI is InChI=1S/C9H7BrN2O/c10-6-1-2-7-8(6)5(9(11)13)3-4-12-7/h1,3-4H,2H2,(H2,11,13). The minimum absolute atomic E-state index is 0.411. The summed E-state index contributed by atoms with van der Waals surface area (Å²) in [6.07, 6.45) is 4.35. The van der Waals surface area contributed by atoms with Gasteiger partial charge in [0.05, 0.1) is 11.3 Å². The van der Waals surface area contributed by atoms with Crippen molar-refractivity contribution in [2.75, 3.05) is 0 Å². The Hall–Kier alpha value is -1.16. The quantitative estimate of drug-likeness (QED) is 0.806. The number of halogens is 1. The second kappa shape index (κ2) is 2.96. The van der Waals surface area contributed by atoms with Crippen LogP contribution in [0.5, 0.6) is 0 Å². The Balaban J connectivity index is 2.66. The minimum atomic E-state index is -0.411. The zero-order valence-electron chi connectivity index (χ0n) is 6.75. The van der Waals surface area contributed by atoms with Gasteiger partial charge in [0.25, 0.3) is 0 Å². The summed E-state index contributed by atoms with van der Waals surface area (Å²) in [7, 11) is 0. The number of nitrogens with two attached hydrogens (primary N) is 1. The molecule has 0 atom stereocenters. The normalized spacial score (nSPS) is 13.8. The third kappa shape index (κ3) is 1.27. The summed E-state index contributed by atoms with van der Waals surface area (Å²) in [4.78, 5) is 15.2. The first-order valence-corrected chi connectivity index (χ1v) is 4.63. The number of fused-ring (bicyclic) bond motifs is 1. The molecule has 3 nitrogen and oxygen atoms in total. The van der Waals surface area contributed by atoms with Crippen LogP contribution in [-0.4, -0.2) is 10.9 Å². The molecule has 2 rings (SSSR count). The number of amides is 1. The highest BCUT2D eigenvalue weighted by atomic mass is 79.9. The molecule has 1 heterocycles. The molecule has 1 amide bonds. The van der Waals surface area contributed by atoms with Crippen molar-refractivity contribution in [3.05, 3.63) is 35.2 Å². The van der Waals surface area contributed by atoms with Gasteiger partial charge in [-0.15, -0.1) is 0 Å². The molecule has 1 aliphatic rings. The van der Waals surface area contributed by atoms with Gasteiger partial charge in [-0.25, -0.2) is 0 Å². The van der Waals surface area contributed by atoms with Gasteiger partial charge in [-0.3, -0.25) is 9.78 Å². The second-order valence-electron chi connectivity index (χ2n) is 2.80. The summed E-state index contributed by atoms with van der Waals surface area (Å²) in [5.74, 6) is -0.411. The highest BCUT2D eigenvalue weighted by molar-refractivity contribution is 9.15. The van der Waals surface area contributed by atoms with Crippen molar-refractivity contribution >= 4 is 26.3 Å². The number of hydrogen-bond acceptors (Lipinski definition) is 2. The average Bonchev–Trinajstić information content (AvgIpc) is 2.48. The monoisotopic (exact) mass is 238 g/mol. The summed E-state index contributed by atoms with van der Waals surface area (Å²) < 4.78 is 0.907. The van der Waals surface area contributed by atoms with Crippen LogP contribution >= 0.6 is 15.9 Å². The van der Waals surface area contributed by atoms with Crippen molar-refractivity contribution < 1.29 is 4.79 Å². The number of rotatable bonds is 1. The largest absolute Gasteiger partial charge is 0.366 e. The van der Waals surface area contributed by atoms with Gasteiger partial charge >= 0.3 is 0 Å². The Kier molecular flexibility index (Phi) is 1.92. The molecule has 0 saturated heterocycles. The lowest BCUT2D eigenvalue weighted by Crippen LogP contribution is -2.13. The van der Waals surface area contributed by atoms with E-state index in [1.807, 2.05) is 6.08 Å². The fraction of sp³-hybridized carbons (Fsp3) is 0.111. The number of aromatic nitrogens is 1. The molecule has 13 heavy (non-hydrogen) atoms. The fourth-order valence-corrected chi connectivity index (χ4v) is 2.02. The number of hydrogen-bond donors (Lipinski definition) is 1. The molecular weight excluding hydrogens is 232 g/mol. The highest BCUT2D eigenvalue weighted by Gasteiger charge is 2.19. The van der Waals surface area contributed by atoms with Crippen molar-refractivity contribution in [2.45, 2.75) is 6.42 Å². The molecule has 0 aliphatic heterocycles. The van der Waals surface area contributed by atoms with Crippen LogP contribution in [0.4, 0.5) is 0 Å². The maximum absolute atomic E-state index is 11.1. The third-order valence-electron chi connectivity index (χ3n) is 2.01. The molecule has 1 aromatic heterocycles. The Bertz CT molecular complexity index is 412. The number of pyridine rings is 1. The maximum atomic E-state index is 11.1. The van der Waals surface area contributed by atoms with Crippen molar-refractivity contribution in [2.24, 2.45) is 5.73 Å². The molecule has 0 saturated carbocycles. The van der Waals surface area contributed by atoms with Crippen LogP contribution in [0.2, 0.25) is 0 Å². The van der Waals surface area contributed by atoms with Crippen LogP contribution < -0.4 is 5.73 Å². The number of primary amides is 1. The Morgan fingerprint density at radius 2 is 2.38 bits per heavy atom. The van der Waals surface area contributed by atoms with Crippen LogP contribution in [0.25, 0.3) is 4.48 Å². The van der Waals surface area contributed by atoms with E-state index in [1.165, 1.54) is 0 Å². The molecule has 4 heteroatoms. The zero-order chi connectivity index (χ0) is 9.42. The molecule has 0 radical (unpaired) electrons. The van der Waals surface area contributed by atoms with E-state index in [0.29, 0.717) is 5.56 Å². The van der Waals surface area contributed by atoms with Crippen molar-refractivity contribution in [1.82, 2.24) is 4.98 Å². The summed E-state index contributed by atoms with van der Waals surface area (Å²) in [5.41, 5.74) is 7.52. The lowest BCUT2D eigenvalue weighted by Gasteiger charge is -2.04. The van der Waals surface area contributed by atoms with Crippen LogP contribution in [-0.2, 0) is 6.42 Å². The van der Waals surface area contributed by atoms with Gasteiger partial charge in [0.1, 0.15) is 0 Å². The van der Waals surface area contributed by atoms with Gasteiger partial charge in [0.15, 0.2) is 0 Å². The molecule has 1 aliphatic carbocycles. The predicted molar refractivity (Wildman–Crippen MR) is 53.4 cm³/mol. The topological polar surface area (TPSA) is 56.0 Å². The molecule has 0 spiro atoms. The zero-order valence-corrected chi connectivity index (χ0v) is 8.34. The van der Waals surface area contributed by atoms with Gasteiger partial charge in [0.2, 0.25) is 5.91 Å².